The van der Waals surface area contributed by atoms with E-state index in [-0.39, 0.29) is 18.5 Å². The van der Waals surface area contributed by atoms with Gasteiger partial charge in [0.2, 0.25) is 5.91 Å². The van der Waals surface area contributed by atoms with E-state index < -0.39 is 0 Å². The molecule has 0 radical (unpaired) electrons. The largest absolute Gasteiger partial charge is 0.324 e. The summed E-state index contributed by atoms with van der Waals surface area (Å²) in [6.45, 7) is 0.713. The highest BCUT2D eigenvalue weighted by Gasteiger charge is 2.25. The fraction of sp³-hybridized carbons (Fsp3) is 0.400. The van der Waals surface area contributed by atoms with E-state index in [0.29, 0.717) is 13.0 Å². The zero-order chi connectivity index (χ0) is 11.4. The van der Waals surface area contributed by atoms with E-state index in [4.69, 9.17) is 0 Å². The van der Waals surface area contributed by atoms with Crippen LogP contribution < -0.4 is 5.32 Å². The van der Waals surface area contributed by atoms with Crippen molar-refractivity contribution in [3.05, 3.63) is 24.3 Å². The summed E-state index contributed by atoms with van der Waals surface area (Å²) in [6.07, 6.45) is 4.84. The van der Waals surface area contributed by atoms with Crippen LogP contribution in [-0.4, -0.2) is 39.9 Å². The summed E-state index contributed by atoms with van der Waals surface area (Å²) in [6, 6.07) is 1.45. The molecular formula is C10H12N4O2. The SMILES string of the molecule is O=C1CN(CCCc2ncccn2)C(=O)N1. The van der Waals surface area contributed by atoms with E-state index in [2.05, 4.69) is 15.3 Å². The van der Waals surface area contributed by atoms with Crippen molar-refractivity contribution >= 4 is 11.9 Å². The van der Waals surface area contributed by atoms with Crippen molar-refractivity contribution in [3.8, 4) is 0 Å². The minimum absolute atomic E-state index is 0.161. The van der Waals surface area contributed by atoms with Gasteiger partial charge in [0.1, 0.15) is 12.4 Å². The zero-order valence-corrected chi connectivity index (χ0v) is 8.72. The normalized spacial score (nSPS) is 15.4. The zero-order valence-electron chi connectivity index (χ0n) is 8.72. The summed E-state index contributed by atoms with van der Waals surface area (Å²) in [5, 5.41) is 2.23. The Morgan fingerprint density at radius 3 is 2.69 bits per heavy atom. The van der Waals surface area contributed by atoms with Crippen molar-refractivity contribution in [3.63, 3.8) is 0 Å². The van der Waals surface area contributed by atoms with Gasteiger partial charge in [-0.1, -0.05) is 0 Å². The second kappa shape index (κ2) is 4.69. The van der Waals surface area contributed by atoms with Crippen LogP contribution in [0.4, 0.5) is 4.79 Å². The van der Waals surface area contributed by atoms with Gasteiger partial charge in [0.15, 0.2) is 0 Å². The van der Waals surface area contributed by atoms with Crippen LogP contribution >= 0.6 is 0 Å². The third-order valence-corrected chi connectivity index (χ3v) is 2.32. The smallest absolute Gasteiger partial charge is 0.315 e. The maximum Gasteiger partial charge on any atom is 0.324 e. The molecule has 6 heteroatoms. The molecule has 0 aliphatic carbocycles. The number of imide groups is 1. The van der Waals surface area contributed by atoms with Gasteiger partial charge >= 0.3 is 6.03 Å². The van der Waals surface area contributed by atoms with E-state index in [0.717, 1.165) is 12.2 Å². The van der Waals surface area contributed by atoms with E-state index in [9.17, 15) is 9.59 Å². The third-order valence-electron chi connectivity index (χ3n) is 2.32. The van der Waals surface area contributed by atoms with Gasteiger partial charge < -0.3 is 4.90 Å². The van der Waals surface area contributed by atoms with Crippen molar-refractivity contribution in [2.75, 3.05) is 13.1 Å². The van der Waals surface area contributed by atoms with E-state index in [1.54, 1.807) is 18.5 Å². The van der Waals surface area contributed by atoms with Gasteiger partial charge in [0.25, 0.3) is 0 Å². The molecule has 3 amide bonds. The molecule has 16 heavy (non-hydrogen) atoms. The molecule has 2 rings (SSSR count). The molecule has 1 aromatic rings. The van der Waals surface area contributed by atoms with Crippen molar-refractivity contribution in [2.24, 2.45) is 0 Å². The molecule has 0 bridgehead atoms. The first kappa shape index (κ1) is 10.5. The number of aromatic nitrogens is 2. The number of hydrogen-bond donors (Lipinski definition) is 1. The lowest BCUT2D eigenvalue weighted by molar-refractivity contribution is -0.118. The van der Waals surface area contributed by atoms with Crippen molar-refractivity contribution < 1.29 is 9.59 Å². The van der Waals surface area contributed by atoms with Gasteiger partial charge in [0.05, 0.1) is 0 Å². The molecule has 0 atom stereocenters. The predicted octanol–water partition coefficient (Wildman–Crippen LogP) is -0.0390. The number of urea groups is 1. The van der Waals surface area contributed by atoms with Crippen LogP contribution in [-0.2, 0) is 11.2 Å². The van der Waals surface area contributed by atoms with Gasteiger partial charge in [-0.15, -0.1) is 0 Å². The molecule has 0 aromatic carbocycles. The molecule has 6 nitrogen and oxygen atoms in total. The topological polar surface area (TPSA) is 75.2 Å². The lowest BCUT2D eigenvalue weighted by Crippen LogP contribution is -2.29. The third kappa shape index (κ3) is 2.53. The minimum Gasteiger partial charge on any atom is -0.315 e. The first-order valence-electron chi connectivity index (χ1n) is 5.10. The van der Waals surface area contributed by atoms with Gasteiger partial charge in [-0.25, -0.2) is 14.8 Å². The second-order valence-corrected chi connectivity index (χ2v) is 3.54. The minimum atomic E-state index is -0.306. The van der Waals surface area contributed by atoms with Crippen LogP contribution in [0.1, 0.15) is 12.2 Å². The Kier molecular flexibility index (Phi) is 3.09. The molecule has 1 aliphatic rings. The highest BCUT2D eigenvalue weighted by molar-refractivity contribution is 6.01. The fourth-order valence-corrected chi connectivity index (χ4v) is 1.55. The quantitative estimate of drug-likeness (QED) is 0.722. The molecule has 1 saturated heterocycles. The van der Waals surface area contributed by atoms with Crippen LogP contribution in [0.5, 0.6) is 0 Å². The van der Waals surface area contributed by atoms with E-state index in [1.807, 2.05) is 0 Å². The Morgan fingerprint density at radius 1 is 1.31 bits per heavy atom. The molecule has 1 N–H and O–H groups in total. The summed E-state index contributed by atoms with van der Waals surface area (Å²) >= 11 is 0. The number of carbonyl (C=O) groups excluding carboxylic acids is 2. The molecule has 1 fully saturated rings. The number of amides is 3. The first-order chi connectivity index (χ1) is 7.75. The second-order valence-electron chi connectivity index (χ2n) is 3.54. The molecule has 0 spiro atoms. The van der Waals surface area contributed by atoms with Gasteiger partial charge in [-0.2, -0.15) is 0 Å². The van der Waals surface area contributed by atoms with Crippen LogP contribution in [0.2, 0.25) is 0 Å². The summed E-state index contributed by atoms with van der Waals surface area (Å²) < 4.78 is 0. The summed E-state index contributed by atoms with van der Waals surface area (Å²) in [4.78, 5) is 31.7. The number of aryl methyl sites for hydroxylation is 1. The number of nitrogens with one attached hydrogen (secondary N) is 1. The molecule has 0 unspecified atom stereocenters. The maximum atomic E-state index is 11.2. The Morgan fingerprint density at radius 2 is 2.06 bits per heavy atom. The highest BCUT2D eigenvalue weighted by Crippen LogP contribution is 2.02. The molecule has 1 aromatic heterocycles. The highest BCUT2D eigenvalue weighted by atomic mass is 16.2. The van der Waals surface area contributed by atoms with E-state index in [1.165, 1.54) is 4.90 Å². The van der Waals surface area contributed by atoms with Gasteiger partial charge in [0, 0.05) is 25.4 Å². The average molecular weight is 220 g/mol. The van der Waals surface area contributed by atoms with Crippen LogP contribution in [0, 0.1) is 0 Å². The average Bonchev–Trinajstić information content (AvgIpc) is 2.59. The van der Waals surface area contributed by atoms with Crippen LogP contribution in [0.25, 0.3) is 0 Å². The monoisotopic (exact) mass is 220 g/mol. The lowest BCUT2D eigenvalue weighted by Gasteiger charge is -2.11. The number of rotatable bonds is 4. The summed E-state index contributed by atoms with van der Waals surface area (Å²) in [7, 11) is 0. The maximum absolute atomic E-state index is 11.2. The predicted molar refractivity (Wildman–Crippen MR) is 55.5 cm³/mol. The van der Waals surface area contributed by atoms with Crippen molar-refractivity contribution in [1.29, 1.82) is 0 Å². The van der Waals surface area contributed by atoms with Crippen molar-refractivity contribution in [2.45, 2.75) is 12.8 Å². The van der Waals surface area contributed by atoms with Crippen LogP contribution in [0.3, 0.4) is 0 Å². The van der Waals surface area contributed by atoms with E-state index >= 15 is 0 Å². The summed E-state index contributed by atoms with van der Waals surface area (Å²) in [5.41, 5.74) is 0. The molecular weight excluding hydrogens is 208 g/mol. The Balaban J connectivity index is 1.76. The molecule has 2 heterocycles. The van der Waals surface area contributed by atoms with Gasteiger partial charge in [-0.05, 0) is 12.5 Å². The Hall–Kier alpha value is -1.98. The van der Waals surface area contributed by atoms with Crippen LogP contribution in [0.15, 0.2) is 18.5 Å². The summed E-state index contributed by atoms with van der Waals surface area (Å²) in [5.74, 6) is 0.523. The molecule has 84 valence electrons. The Labute approximate surface area is 92.7 Å². The number of carbonyl (C=O) groups is 2. The number of hydrogen-bond acceptors (Lipinski definition) is 4. The molecule has 0 saturated carbocycles. The standard InChI is InChI=1S/C10H12N4O2/c15-9-7-14(10(16)13-9)6-1-3-8-11-4-2-5-12-8/h2,4-5H,1,3,6-7H2,(H,13,15,16). The van der Waals surface area contributed by atoms with Gasteiger partial charge in [-0.3, -0.25) is 10.1 Å². The lowest BCUT2D eigenvalue weighted by atomic mass is 10.3. The molecule has 1 aliphatic heterocycles. The first-order valence-corrected chi connectivity index (χ1v) is 5.10. The fourth-order valence-electron chi connectivity index (χ4n) is 1.55. The number of nitrogens with zero attached hydrogens (tertiary/aromatic N) is 3. The van der Waals surface area contributed by atoms with Crippen molar-refractivity contribution in [1.82, 2.24) is 20.2 Å². The Bertz CT molecular complexity index is 393.